The van der Waals surface area contributed by atoms with Gasteiger partial charge in [-0.15, -0.1) is 0 Å². The Morgan fingerprint density at radius 3 is 2.89 bits per heavy atom. The highest BCUT2D eigenvalue weighted by molar-refractivity contribution is 6.32. The molecule has 1 unspecified atom stereocenters. The number of halogens is 1. The second-order valence-electron chi connectivity index (χ2n) is 3.54. The molecular formula is C11H17ClN4O2. The van der Waals surface area contributed by atoms with Crippen molar-refractivity contribution in [3.63, 3.8) is 0 Å². The van der Waals surface area contributed by atoms with Gasteiger partial charge in [0.25, 0.3) is 0 Å². The van der Waals surface area contributed by atoms with Crippen molar-refractivity contribution in [3.8, 4) is 0 Å². The van der Waals surface area contributed by atoms with Gasteiger partial charge in [0.1, 0.15) is 11.1 Å². The molecule has 0 aliphatic heterocycles. The molecule has 0 fully saturated rings. The van der Waals surface area contributed by atoms with Gasteiger partial charge < -0.3 is 15.4 Å². The van der Waals surface area contributed by atoms with Crippen LogP contribution >= 0.6 is 11.6 Å². The van der Waals surface area contributed by atoms with Crippen molar-refractivity contribution in [1.29, 1.82) is 0 Å². The molecule has 1 atom stereocenters. The summed E-state index contributed by atoms with van der Waals surface area (Å²) >= 11 is 5.95. The van der Waals surface area contributed by atoms with Crippen LogP contribution in [0.25, 0.3) is 0 Å². The Hall–Kier alpha value is -1.56. The third kappa shape index (κ3) is 4.03. The van der Waals surface area contributed by atoms with Crippen molar-refractivity contribution in [2.45, 2.75) is 26.8 Å². The zero-order valence-corrected chi connectivity index (χ0v) is 11.4. The van der Waals surface area contributed by atoms with Crippen LogP contribution < -0.4 is 10.6 Å². The molecule has 2 N–H and O–H groups in total. The Bertz CT molecular complexity index is 414. The van der Waals surface area contributed by atoms with E-state index in [0.29, 0.717) is 29.9 Å². The number of hydrogen-bond donors (Lipinski definition) is 2. The number of nitrogens with zero attached hydrogens (tertiary/aromatic N) is 2. The average Bonchev–Trinajstić information content (AvgIpc) is 2.34. The maximum absolute atomic E-state index is 11.5. The quantitative estimate of drug-likeness (QED) is 0.771. The molecule has 0 saturated heterocycles. The van der Waals surface area contributed by atoms with Crippen molar-refractivity contribution in [2.24, 2.45) is 0 Å². The first-order valence-electron chi connectivity index (χ1n) is 5.78. The molecule has 6 nitrogen and oxygen atoms in total. The summed E-state index contributed by atoms with van der Waals surface area (Å²) in [7, 11) is 0. The van der Waals surface area contributed by atoms with Gasteiger partial charge in [-0.3, -0.25) is 0 Å². The molecule has 18 heavy (non-hydrogen) atoms. The minimum absolute atomic E-state index is 0.338. The SMILES string of the molecule is CCNc1ncc(Cl)c(NC(C)C(=O)OCC)n1. The maximum Gasteiger partial charge on any atom is 0.328 e. The standard InChI is InChI=1S/C11H17ClN4O2/c1-4-13-11-14-6-8(12)9(16-11)15-7(3)10(17)18-5-2/h6-7H,4-5H2,1-3H3,(H2,13,14,15,16). The predicted octanol–water partition coefficient (Wildman–Crippen LogP) is 1.93. The van der Waals surface area contributed by atoms with E-state index < -0.39 is 6.04 Å². The lowest BCUT2D eigenvalue weighted by Crippen LogP contribution is -2.28. The Morgan fingerprint density at radius 2 is 2.28 bits per heavy atom. The fraction of sp³-hybridized carbons (Fsp3) is 0.545. The molecule has 100 valence electrons. The van der Waals surface area contributed by atoms with E-state index >= 15 is 0 Å². The van der Waals surface area contributed by atoms with E-state index in [1.54, 1.807) is 13.8 Å². The third-order valence-electron chi connectivity index (χ3n) is 2.07. The summed E-state index contributed by atoms with van der Waals surface area (Å²) in [6.45, 7) is 6.42. The monoisotopic (exact) mass is 272 g/mol. The van der Waals surface area contributed by atoms with Crippen molar-refractivity contribution >= 4 is 29.3 Å². The lowest BCUT2D eigenvalue weighted by molar-refractivity contribution is -0.143. The first-order chi connectivity index (χ1) is 8.58. The van der Waals surface area contributed by atoms with Crippen LogP contribution in [-0.2, 0) is 9.53 Å². The molecule has 0 saturated carbocycles. The number of carbonyl (C=O) groups is 1. The van der Waals surface area contributed by atoms with Crippen LogP contribution in [0.2, 0.25) is 5.02 Å². The number of esters is 1. The normalized spacial score (nSPS) is 11.8. The highest BCUT2D eigenvalue weighted by Gasteiger charge is 2.16. The second kappa shape index (κ2) is 7.00. The molecule has 1 heterocycles. The van der Waals surface area contributed by atoms with E-state index in [1.807, 2.05) is 6.92 Å². The molecule has 0 aromatic carbocycles. The number of carbonyl (C=O) groups excluding carboxylic acids is 1. The van der Waals surface area contributed by atoms with Crippen LogP contribution in [0.4, 0.5) is 11.8 Å². The van der Waals surface area contributed by atoms with Crippen LogP contribution in [0.1, 0.15) is 20.8 Å². The summed E-state index contributed by atoms with van der Waals surface area (Å²) in [4.78, 5) is 19.7. The van der Waals surface area contributed by atoms with E-state index in [1.165, 1.54) is 6.20 Å². The molecule has 0 aliphatic rings. The summed E-state index contributed by atoms with van der Waals surface area (Å²) in [5, 5.41) is 6.22. The van der Waals surface area contributed by atoms with Crippen LogP contribution in [0.15, 0.2) is 6.20 Å². The molecule has 1 aromatic rings. The van der Waals surface area contributed by atoms with E-state index in [4.69, 9.17) is 16.3 Å². The topological polar surface area (TPSA) is 76.1 Å². The molecule has 0 bridgehead atoms. The van der Waals surface area contributed by atoms with Gasteiger partial charge >= 0.3 is 5.97 Å². The van der Waals surface area contributed by atoms with Gasteiger partial charge in [0.15, 0.2) is 5.82 Å². The van der Waals surface area contributed by atoms with Gasteiger partial charge in [0.05, 0.1) is 12.8 Å². The average molecular weight is 273 g/mol. The molecule has 0 aliphatic carbocycles. The van der Waals surface area contributed by atoms with Crippen molar-refractivity contribution in [1.82, 2.24) is 9.97 Å². The fourth-order valence-electron chi connectivity index (χ4n) is 1.24. The van der Waals surface area contributed by atoms with Crippen LogP contribution in [-0.4, -0.2) is 35.1 Å². The lowest BCUT2D eigenvalue weighted by atomic mass is 10.3. The van der Waals surface area contributed by atoms with Crippen LogP contribution in [0.5, 0.6) is 0 Å². The van der Waals surface area contributed by atoms with E-state index in [-0.39, 0.29) is 5.97 Å². The zero-order valence-electron chi connectivity index (χ0n) is 10.7. The number of rotatable bonds is 6. The molecule has 0 spiro atoms. The highest BCUT2D eigenvalue weighted by Crippen LogP contribution is 2.20. The number of nitrogens with one attached hydrogen (secondary N) is 2. The Balaban J connectivity index is 2.76. The van der Waals surface area contributed by atoms with E-state index in [0.717, 1.165) is 0 Å². The van der Waals surface area contributed by atoms with Gasteiger partial charge in [-0.2, -0.15) is 4.98 Å². The summed E-state index contributed by atoms with van der Waals surface area (Å²) in [6.07, 6.45) is 1.48. The lowest BCUT2D eigenvalue weighted by Gasteiger charge is -2.14. The Morgan fingerprint density at radius 1 is 1.56 bits per heavy atom. The summed E-state index contributed by atoms with van der Waals surface area (Å²) in [6, 6.07) is -0.521. The first kappa shape index (κ1) is 14.5. The molecule has 1 rings (SSSR count). The minimum Gasteiger partial charge on any atom is -0.464 e. The largest absolute Gasteiger partial charge is 0.464 e. The highest BCUT2D eigenvalue weighted by atomic mass is 35.5. The number of anilines is 2. The van der Waals surface area contributed by atoms with Crippen molar-refractivity contribution < 1.29 is 9.53 Å². The predicted molar refractivity (Wildman–Crippen MR) is 70.9 cm³/mol. The van der Waals surface area contributed by atoms with Gasteiger partial charge in [0.2, 0.25) is 5.95 Å². The van der Waals surface area contributed by atoms with E-state index in [2.05, 4.69) is 20.6 Å². The Kier molecular flexibility index (Phi) is 5.64. The van der Waals surface area contributed by atoms with Crippen LogP contribution in [0, 0.1) is 0 Å². The number of aromatic nitrogens is 2. The molecule has 7 heteroatoms. The van der Waals surface area contributed by atoms with Gasteiger partial charge in [-0.1, -0.05) is 11.6 Å². The van der Waals surface area contributed by atoms with Crippen molar-refractivity contribution in [2.75, 3.05) is 23.8 Å². The van der Waals surface area contributed by atoms with Gasteiger partial charge in [-0.25, -0.2) is 9.78 Å². The van der Waals surface area contributed by atoms with Gasteiger partial charge in [0, 0.05) is 6.54 Å². The zero-order chi connectivity index (χ0) is 13.5. The molecular weight excluding hydrogens is 256 g/mol. The summed E-state index contributed by atoms with van der Waals surface area (Å²) in [5.74, 6) is 0.515. The first-order valence-corrected chi connectivity index (χ1v) is 6.15. The smallest absolute Gasteiger partial charge is 0.328 e. The third-order valence-corrected chi connectivity index (χ3v) is 2.35. The van der Waals surface area contributed by atoms with Gasteiger partial charge in [-0.05, 0) is 20.8 Å². The summed E-state index contributed by atoms with van der Waals surface area (Å²) in [5.41, 5.74) is 0. The molecule has 0 amide bonds. The number of ether oxygens (including phenoxy) is 1. The minimum atomic E-state index is -0.521. The molecule has 0 radical (unpaired) electrons. The summed E-state index contributed by atoms with van der Waals surface area (Å²) < 4.78 is 4.89. The van der Waals surface area contributed by atoms with Crippen molar-refractivity contribution in [3.05, 3.63) is 11.2 Å². The number of hydrogen-bond acceptors (Lipinski definition) is 6. The van der Waals surface area contributed by atoms with E-state index in [9.17, 15) is 4.79 Å². The van der Waals surface area contributed by atoms with Crippen LogP contribution in [0.3, 0.4) is 0 Å². The second-order valence-corrected chi connectivity index (χ2v) is 3.95. The maximum atomic E-state index is 11.5. The fourth-order valence-corrected chi connectivity index (χ4v) is 1.39. The Labute approximate surface area is 111 Å². The molecule has 1 aromatic heterocycles.